The molecule has 5 nitrogen and oxygen atoms in total. The summed E-state index contributed by atoms with van der Waals surface area (Å²) in [6, 6.07) is 11.4. The standard InChI is InChI=1S/C16H17N3O2/c1-19(11-14-4-2-3-13(9-14)10-17)15(20)16(12-18)5-7-21-8-6-16/h2-4,9H,5-8,11H2,1H3. The Morgan fingerprint density at radius 2 is 2.10 bits per heavy atom. The van der Waals surface area contributed by atoms with Crippen molar-refractivity contribution in [1.82, 2.24) is 4.90 Å². The fraction of sp³-hybridized carbons (Fsp3) is 0.438. The van der Waals surface area contributed by atoms with Gasteiger partial charge in [-0.05, 0) is 30.5 Å². The van der Waals surface area contributed by atoms with Gasteiger partial charge >= 0.3 is 0 Å². The van der Waals surface area contributed by atoms with Crippen LogP contribution in [0.4, 0.5) is 0 Å². The maximum absolute atomic E-state index is 12.6. The lowest BCUT2D eigenvalue weighted by Crippen LogP contribution is -2.44. The Balaban J connectivity index is 2.12. The lowest BCUT2D eigenvalue weighted by molar-refractivity contribution is -0.142. The van der Waals surface area contributed by atoms with Crippen LogP contribution in [0.25, 0.3) is 0 Å². The summed E-state index contributed by atoms with van der Waals surface area (Å²) in [6.45, 7) is 1.27. The second-order valence-corrected chi connectivity index (χ2v) is 5.28. The highest BCUT2D eigenvalue weighted by Gasteiger charge is 2.42. The molecule has 2 rings (SSSR count). The van der Waals surface area contributed by atoms with E-state index >= 15 is 0 Å². The number of hydrogen-bond acceptors (Lipinski definition) is 4. The summed E-state index contributed by atoms with van der Waals surface area (Å²) in [5.74, 6) is -0.171. The van der Waals surface area contributed by atoms with Gasteiger partial charge in [-0.3, -0.25) is 4.79 Å². The van der Waals surface area contributed by atoms with E-state index in [1.807, 2.05) is 6.07 Å². The number of amides is 1. The SMILES string of the molecule is CN(Cc1cccc(C#N)c1)C(=O)C1(C#N)CCOCC1. The lowest BCUT2D eigenvalue weighted by Gasteiger charge is -2.33. The van der Waals surface area contributed by atoms with E-state index in [0.717, 1.165) is 5.56 Å². The highest BCUT2D eigenvalue weighted by Crippen LogP contribution is 2.32. The number of carbonyl (C=O) groups excluding carboxylic acids is 1. The third-order valence-corrected chi connectivity index (χ3v) is 3.79. The molecule has 0 N–H and O–H groups in total. The minimum Gasteiger partial charge on any atom is -0.381 e. The van der Waals surface area contributed by atoms with Crippen molar-refractivity contribution in [2.75, 3.05) is 20.3 Å². The van der Waals surface area contributed by atoms with E-state index in [9.17, 15) is 10.1 Å². The van der Waals surface area contributed by atoms with Crippen LogP contribution < -0.4 is 0 Å². The predicted octanol–water partition coefficient (Wildman–Crippen LogP) is 1.84. The van der Waals surface area contributed by atoms with Crippen LogP contribution in [0.1, 0.15) is 24.0 Å². The normalized spacial score (nSPS) is 16.5. The molecule has 0 unspecified atom stereocenters. The van der Waals surface area contributed by atoms with Gasteiger partial charge in [0, 0.05) is 26.8 Å². The Kier molecular flexibility index (Phi) is 4.57. The molecule has 1 aliphatic rings. The number of nitrogens with zero attached hydrogens (tertiary/aromatic N) is 3. The summed E-state index contributed by atoms with van der Waals surface area (Å²) in [4.78, 5) is 14.2. The Morgan fingerprint density at radius 3 is 2.71 bits per heavy atom. The average molecular weight is 283 g/mol. The van der Waals surface area contributed by atoms with Crippen molar-refractivity contribution in [2.24, 2.45) is 5.41 Å². The molecule has 5 heteroatoms. The summed E-state index contributed by atoms with van der Waals surface area (Å²) in [5.41, 5.74) is 0.472. The van der Waals surface area contributed by atoms with Crippen molar-refractivity contribution in [3.05, 3.63) is 35.4 Å². The van der Waals surface area contributed by atoms with Crippen molar-refractivity contribution in [2.45, 2.75) is 19.4 Å². The third-order valence-electron chi connectivity index (χ3n) is 3.79. The van der Waals surface area contributed by atoms with Crippen LogP contribution in [0.3, 0.4) is 0 Å². The zero-order valence-electron chi connectivity index (χ0n) is 12.0. The number of ether oxygens (including phenoxy) is 1. The van der Waals surface area contributed by atoms with Crippen LogP contribution in [0.15, 0.2) is 24.3 Å². The van der Waals surface area contributed by atoms with Gasteiger partial charge in [-0.2, -0.15) is 10.5 Å². The van der Waals surface area contributed by atoms with Gasteiger partial charge < -0.3 is 9.64 Å². The third kappa shape index (κ3) is 3.21. The summed E-state index contributed by atoms with van der Waals surface area (Å²) in [7, 11) is 1.69. The highest BCUT2D eigenvalue weighted by molar-refractivity contribution is 5.85. The van der Waals surface area contributed by atoms with Crippen LogP contribution in [-0.4, -0.2) is 31.1 Å². The first-order chi connectivity index (χ1) is 10.1. The molecule has 1 fully saturated rings. The second-order valence-electron chi connectivity index (χ2n) is 5.28. The molecule has 1 aliphatic heterocycles. The number of nitriles is 2. The van der Waals surface area contributed by atoms with E-state index in [4.69, 9.17) is 10.00 Å². The monoisotopic (exact) mass is 283 g/mol. The van der Waals surface area contributed by atoms with E-state index in [1.165, 1.54) is 0 Å². The first kappa shape index (κ1) is 15.0. The quantitative estimate of drug-likeness (QED) is 0.848. The lowest BCUT2D eigenvalue weighted by atomic mass is 9.80. The first-order valence-electron chi connectivity index (χ1n) is 6.85. The molecule has 1 heterocycles. The van der Waals surface area contributed by atoms with Gasteiger partial charge in [0.05, 0.1) is 17.7 Å². The Hall–Kier alpha value is -2.37. The number of benzene rings is 1. The molecule has 0 spiro atoms. The average Bonchev–Trinajstić information content (AvgIpc) is 2.54. The fourth-order valence-corrected chi connectivity index (χ4v) is 2.54. The topological polar surface area (TPSA) is 77.1 Å². The van der Waals surface area contributed by atoms with Crippen molar-refractivity contribution in [3.8, 4) is 12.1 Å². The van der Waals surface area contributed by atoms with Crippen molar-refractivity contribution in [1.29, 1.82) is 10.5 Å². The largest absolute Gasteiger partial charge is 0.381 e. The maximum Gasteiger partial charge on any atom is 0.243 e. The molecular formula is C16H17N3O2. The van der Waals surface area contributed by atoms with E-state index in [2.05, 4.69) is 12.1 Å². The van der Waals surface area contributed by atoms with E-state index in [1.54, 1.807) is 30.1 Å². The number of rotatable bonds is 3. The van der Waals surface area contributed by atoms with Crippen LogP contribution in [-0.2, 0) is 16.1 Å². The molecule has 0 saturated carbocycles. The molecule has 1 aromatic rings. The van der Waals surface area contributed by atoms with Crippen LogP contribution in [0, 0.1) is 28.1 Å². The number of hydrogen-bond donors (Lipinski definition) is 0. The number of carbonyl (C=O) groups is 1. The van der Waals surface area contributed by atoms with Crippen LogP contribution in [0.5, 0.6) is 0 Å². The molecule has 1 saturated heterocycles. The van der Waals surface area contributed by atoms with Gasteiger partial charge in [0.25, 0.3) is 0 Å². The Labute approximate surface area is 124 Å². The molecule has 0 radical (unpaired) electrons. The first-order valence-corrected chi connectivity index (χ1v) is 6.85. The minimum absolute atomic E-state index is 0.171. The summed E-state index contributed by atoms with van der Waals surface area (Å²) >= 11 is 0. The van der Waals surface area contributed by atoms with Gasteiger partial charge in [-0.15, -0.1) is 0 Å². The van der Waals surface area contributed by atoms with E-state index in [-0.39, 0.29) is 5.91 Å². The summed E-state index contributed by atoms with van der Waals surface area (Å²) in [6.07, 6.45) is 0.871. The molecule has 21 heavy (non-hydrogen) atoms. The molecule has 0 atom stereocenters. The molecule has 0 aliphatic carbocycles. The van der Waals surface area contributed by atoms with Gasteiger partial charge in [0.15, 0.2) is 0 Å². The van der Waals surface area contributed by atoms with E-state index in [0.29, 0.717) is 38.2 Å². The molecule has 1 aromatic carbocycles. The van der Waals surface area contributed by atoms with E-state index < -0.39 is 5.41 Å². The Morgan fingerprint density at radius 1 is 1.38 bits per heavy atom. The van der Waals surface area contributed by atoms with Gasteiger partial charge in [0.2, 0.25) is 5.91 Å². The predicted molar refractivity (Wildman–Crippen MR) is 75.7 cm³/mol. The fourth-order valence-electron chi connectivity index (χ4n) is 2.54. The highest BCUT2D eigenvalue weighted by atomic mass is 16.5. The minimum atomic E-state index is -0.972. The zero-order valence-corrected chi connectivity index (χ0v) is 12.0. The second kappa shape index (κ2) is 6.39. The summed E-state index contributed by atoms with van der Waals surface area (Å²) in [5, 5.41) is 18.3. The molecule has 0 bridgehead atoms. The molecule has 1 amide bonds. The van der Waals surface area contributed by atoms with Gasteiger partial charge in [0.1, 0.15) is 5.41 Å². The zero-order chi connectivity index (χ0) is 15.3. The molecular weight excluding hydrogens is 266 g/mol. The van der Waals surface area contributed by atoms with Crippen LogP contribution >= 0.6 is 0 Å². The smallest absolute Gasteiger partial charge is 0.243 e. The summed E-state index contributed by atoms with van der Waals surface area (Å²) < 4.78 is 5.25. The van der Waals surface area contributed by atoms with Gasteiger partial charge in [-0.1, -0.05) is 12.1 Å². The maximum atomic E-state index is 12.6. The molecule has 0 aromatic heterocycles. The molecule has 108 valence electrons. The Bertz CT molecular complexity index is 607. The van der Waals surface area contributed by atoms with Crippen LogP contribution in [0.2, 0.25) is 0 Å². The van der Waals surface area contributed by atoms with Gasteiger partial charge in [-0.25, -0.2) is 0 Å². The van der Waals surface area contributed by atoms with Crippen molar-refractivity contribution < 1.29 is 9.53 Å². The van der Waals surface area contributed by atoms with Crippen molar-refractivity contribution in [3.63, 3.8) is 0 Å². The van der Waals surface area contributed by atoms with Crippen molar-refractivity contribution >= 4 is 5.91 Å².